The second-order valence-electron chi connectivity index (χ2n) is 5.74. The van der Waals surface area contributed by atoms with Crippen LogP contribution in [-0.4, -0.2) is 44.5 Å². The Morgan fingerprint density at radius 3 is 2.79 bits per heavy atom. The fraction of sp³-hybridized carbons (Fsp3) is 0.500. The normalized spacial score (nSPS) is 23.8. The molecule has 1 aromatic rings. The highest BCUT2D eigenvalue weighted by Crippen LogP contribution is 2.27. The molecule has 0 aliphatic carbocycles. The second kappa shape index (κ2) is 8.36. The Balaban J connectivity index is 2.02. The summed E-state index contributed by atoms with van der Waals surface area (Å²) in [5.74, 6) is -0.503. The minimum Gasteiger partial charge on any atom is -0.460 e. The van der Waals surface area contributed by atoms with E-state index in [1.807, 2.05) is 12.1 Å². The van der Waals surface area contributed by atoms with Gasteiger partial charge in [0.05, 0.1) is 6.26 Å². The largest absolute Gasteiger partial charge is 0.460 e. The summed E-state index contributed by atoms with van der Waals surface area (Å²) in [6.07, 6.45) is 7.07. The Bertz CT molecular complexity index is 662. The van der Waals surface area contributed by atoms with Gasteiger partial charge in [0.2, 0.25) is 0 Å². The van der Waals surface area contributed by atoms with Gasteiger partial charge in [-0.15, -0.1) is 0 Å². The zero-order valence-electron chi connectivity index (χ0n) is 13.6. The first-order valence-electron chi connectivity index (χ1n) is 7.70. The van der Waals surface area contributed by atoms with Crippen molar-refractivity contribution in [2.45, 2.75) is 31.5 Å². The van der Waals surface area contributed by atoms with Gasteiger partial charge in [0, 0.05) is 12.4 Å². The van der Waals surface area contributed by atoms with Crippen molar-refractivity contribution >= 4 is 16.1 Å². The van der Waals surface area contributed by atoms with Crippen LogP contribution in [0.3, 0.4) is 0 Å². The molecule has 2 rings (SSSR count). The number of carbonyl (C=O) groups excluding carboxylic acids is 1. The summed E-state index contributed by atoms with van der Waals surface area (Å²) >= 11 is 0. The van der Waals surface area contributed by atoms with E-state index in [1.54, 1.807) is 12.4 Å². The fourth-order valence-electron chi connectivity index (χ4n) is 2.77. The van der Waals surface area contributed by atoms with Crippen molar-refractivity contribution in [3.05, 3.63) is 42.7 Å². The lowest BCUT2D eigenvalue weighted by molar-refractivity contribution is -0.145. The van der Waals surface area contributed by atoms with Crippen LogP contribution in [0.15, 0.2) is 37.2 Å². The van der Waals surface area contributed by atoms with E-state index < -0.39 is 28.4 Å². The summed E-state index contributed by atoms with van der Waals surface area (Å²) in [4.78, 5) is 16.2. The summed E-state index contributed by atoms with van der Waals surface area (Å²) in [5, 5.41) is 2.92. The molecule has 0 bridgehead atoms. The Labute approximate surface area is 142 Å². The minimum atomic E-state index is -3.60. The van der Waals surface area contributed by atoms with Crippen LogP contribution in [-0.2, 0) is 30.3 Å². The van der Waals surface area contributed by atoms with Crippen molar-refractivity contribution in [3.8, 4) is 0 Å². The van der Waals surface area contributed by atoms with E-state index in [-0.39, 0.29) is 12.5 Å². The molecule has 132 valence electrons. The standard InChI is InChI=1S/C16H22N2O5S/c1-3-10-22-16(19)15-13(5-4-12-6-8-17-9-7-12)11-14(18-15)23-24(2,20)21/h3,6-9,13-15,18H,1,4-5,10-11H2,2H3. The molecule has 1 aliphatic rings. The third kappa shape index (κ3) is 5.70. The molecular formula is C16H22N2O5S. The average molecular weight is 354 g/mol. The summed E-state index contributed by atoms with van der Waals surface area (Å²) < 4.78 is 32.7. The maximum atomic E-state index is 12.2. The van der Waals surface area contributed by atoms with E-state index in [2.05, 4.69) is 16.9 Å². The van der Waals surface area contributed by atoms with Crippen molar-refractivity contribution in [1.82, 2.24) is 10.3 Å². The first-order chi connectivity index (χ1) is 11.4. The van der Waals surface area contributed by atoms with Crippen LogP contribution >= 0.6 is 0 Å². The first kappa shape index (κ1) is 18.6. The molecule has 1 aromatic heterocycles. The summed E-state index contributed by atoms with van der Waals surface area (Å²) in [7, 11) is -3.60. The number of carbonyl (C=O) groups is 1. The van der Waals surface area contributed by atoms with E-state index in [0.717, 1.165) is 18.2 Å². The summed E-state index contributed by atoms with van der Waals surface area (Å²) in [6.45, 7) is 3.63. The lowest BCUT2D eigenvalue weighted by Crippen LogP contribution is -2.41. The smallest absolute Gasteiger partial charge is 0.323 e. The molecule has 0 aromatic carbocycles. The molecule has 1 N–H and O–H groups in total. The highest BCUT2D eigenvalue weighted by Gasteiger charge is 2.40. The van der Waals surface area contributed by atoms with E-state index in [1.165, 1.54) is 6.08 Å². The van der Waals surface area contributed by atoms with Crippen LogP contribution < -0.4 is 5.32 Å². The topological polar surface area (TPSA) is 94.6 Å². The van der Waals surface area contributed by atoms with E-state index in [0.29, 0.717) is 12.8 Å². The van der Waals surface area contributed by atoms with Crippen LogP contribution in [0, 0.1) is 5.92 Å². The lowest BCUT2D eigenvalue weighted by atomic mass is 9.93. The van der Waals surface area contributed by atoms with Crippen molar-refractivity contribution in [2.75, 3.05) is 12.9 Å². The lowest BCUT2D eigenvalue weighted by Gasteiger charge is -2.17. The maximum Gasteiger partial charge on any atom is 0.323 e. The number of nitrogens with zero attached hydrogens (tertiary/aromatic N) is 1. The van der Waals surface area contributed by atoms with Gasteiger partial charge in [0.15, 0.2) is 0 Å². The number of aromatic nitrogens is 1. The Morgan fingerprint density at radius 2 is 2.17 bits per heavy atom. The van der Waals surface area contributed by atoms with Gasteiger partial charge in [-0.1, -0.05) is 12.7 Å². The molecule has 1 aliphatic heterocycles. The van der Waals surface area contributed by atoms with Crippen LogP contribution in [0.4, 0.5) is 0 Å². The van der Waals surface area contributed by atoms with Gasteiger partial charge in [0.1, 0.15) is 18.9 Å². The van der Waals surface area contributed by atoms with E-state index >= 15 is 0 Å². The average Bonchev–Trinajstić information content (AvgIpc) is 2.92. The van der Waals surface area contributed by atoms with Gasteiger partial charge in [-0.2, -0.15) is 8.42 Å². The van der Waals surface area contributed by atoms with Crippen LogP contribution in [0.1, 0.15) is 18.4 Å². The molecule has 24 heavy (non-hydrogen) atoms. The number of hydrogen-bond acceptors (Lipinski definition) is 7. The van der Waals surface area contributed by atoms with Gasteiger partial charge >= 0.3 is 5.97 Å². The van der Waals surface area contributed by atoms with Crippen molar-refractivity contribution < 1.29 is 22.1 Å². The van der Waals surface area contributed by atoms with E-state index in [4.69, 9.17) is 8.92 Å². The van der Waals surface area contributed by atoms with Gasteiger partial charge in [0.25, 0.3) is 10.1 Å². The quantitative estimate of drug-likeness (QED) is 0.423. The van der Waals surface area contributed by atoms with Crippen LogP contribution in [0.2, 0.25) is 0 Å². The zero-order chi connectivity index (χ0) is 17.6. The summed E-state index contributed by atoms with van der Waals surface area (Å²) in [5.41, 5.74) is 1.11. The molecule has 1 fully saturated rings. The molecule has 0 saturated carbocycles. The second-order valence-corrected chi connectivity index (χ2v) is 7.34. The van der Waals surface area contributed by atoms with Gasteiger partial charge in [-0.3, -0.25) is 19.3 Å². The molecule has 0 amide bonds. The van der Waals surface area contributed by atoms with Crippen molar-refractivity contribution in [3.63, 3.8) is 0 Å². The first-order valence-corrected chi connectivity index (χ1v) is 9.51. The Morgan fingerprint density at radius 1 is 1.46 bits per heavy atom. The minimum absolute atomic E-state index is 0.0813. The van der Waals surface area contributed by atoms with Crippen molar-refractivity contribution in [1.29, 1.82) is 0 Å². The highest BCUT2D eigenvalue weighted by atomic mass is 32.2. The third-order valence-corrected chi connectivity index (χ3v) is 4.38. The highest BCUT2D eigenvalue weighted by molar-refractivity contribution is 7.86. The number of esters is 1. The van der Waals surface area contributed by atoms with Crippen LogP contribution in [0.25, 0.3) is 0 Å². The fourth-order valence-corrected chi connectivity index (χ4v) is 3.33. The Hall–Kier alpha value is -1.77. The number of ether oxygens (including phenoxy) is 1. The molecule has 0 spiro atoms. The third-order valence-electron chi connectivity index (χ3n) is 3.80. The number of rotatable bonds is 8. The van der Waals surface area contributed by atoms with E-state index in [9.17, 15) is 13.2 Å². The molecule has 7 nitrogen and oxygen atoms in total. The molecule has 8 heteroatoms. The SMILES string of the molecule is C=CCOC(=O)C1NC(OS(C)(=O)=O)CC1CCc1ccncc1. The molecule has 3 atom stereocenters. The maximum absolute atomic E-state index is 12.2. The monoisotopic (exact) mass is 354 g/mol. The number of pyridine rings is 1. The summed E-state index contributed by atoms with van der Waals surface area (Å²) in [6, 6.07) is 3.23. The number of nitrogens with one attached hydrogen (secondary N) is 1. The molecule has 2 heterocycles. The van der Waals surface area contributed by atoms with Crippen molar-refractivity contribution in [2.24, 2.45) is 5.92 Å². The molecule has 3 unspecified atom stereocenters. The number of hydrogen-bond donors (Lipinski definition) is 1. The van der Waals surface area contributed by atoms with Gasteiger partial charge in [-0.05, 0) is 42.9 Å². The predicted molar refractivity (Wildman–Crippen MR) is 88.5 cm³/mol. The number of aryl methyl sites for hydroxylation is 1. The predicted octanol–water partition coefficient (Wildman–Crippen LogP) is 1.02. The van der Waals surface area contributed by atoms with Gasteiger partial charge < -0.3 is 4.74 Å². The zero-order valence-corrected chi connectivity index (χ0v) is 14.4. The molecule has 0 radical (unpaired) electrons. The molecular weight excluding hydrogens is 332 g/mol. The molecule has 1 saturated heterocycles. The Kier molecular flexibility index (Phi) is 6.47. The van der Waals surface area contributed by atoms with Gasteiger partial charge in [-0.25, -0.2) is 0 Å². The van der Waals surface area contributed by atoms with Crippen LogP contribution in [0.5, 0.6) is 0 Å².